The Bertz CT molecular complexity index is 316. The van der Waals surface area contributed by atoms with E-state index in [0.717, 1.165) is 5.56 Å². The number of halogens is 1. The molecule has 0 spiro atoms. The topological polar surface area (TPSA) is 17.1 Å². The summed E-state index contributed by atoms with van der Waals surface area (Å²) in [6.07, 6.45) is 2.49. The molecule has 0 saturated carbocycles. The highest BCUT2D eigenvalue weighted by Gasteiger charge is 2.12. The van der Waals surface area contributed by atoms with Crippen LogP contribution in [-0.2, 0) is 0 Å². The molecular weight excluding hydrogens is 196 g/mol. The van der Waals surface area contributed by atoms with Crippen molar-refractivity contribution in [2.75, 3.05) is 0 Å². The molecular formula is C12H13ClO. The molecule has 0 aliphatic heterocycles. The molecule has 1 aromatic carbocycles. The summed E-state index contributed by atoms with van der Waals surface area (Å²) >= 11 is 5.40. The van der Waals surface area contributed by atoms with Gasteiger partial charge in [0.1, 0.15) is 0 Å². The summed E-state index contributed by atoms with van der Waals surface area (Å²) in [5.41, 5.74) is 2.22. The second-order valence-corrected chi connectivity index (χ2v) is 3.48. The minimum absolute atomic E-state index is 0.00704. The van der Waals surface area contributed by atoms with Crippen molar-refractivity contribution in [1.82, 2.24) is 0 Å². The maximum Gasteiger partial charge on any atom is 0.165 e. The number of ketones is 1. The Morgan fingerprint density at radius 3 is 2.64 bits per heavy atom. The van der Waals surface area contributed by atoms with Crippen LogP contribution in [0, 0.1) is 5.92 Å². The van der Waals surface area contributed by atoms with Crippen molar-refractivity contribution in [2.45, 2.75) is 13.3 Å². The van der Waals surface area contributed by atoms with Gasteiger partial charge in [0.25, 0.3) is 0 Å². The second-order valence-electron chi connectivity index (χ2n) is 3.23. The minimum atomic E-state index is -0.00704. The molecule has 74 valence electrons. The van der Waals surface area contributed by atoms with Crippen molar-refractivity contribution in [2.24, 2.45) is 5.92 Å². The van der Waals surface area contributed by atoms with Crippen LogP contribution in [0.5, 0.6) is 0 Å². The predicted molar refractivity (Wildman–Crippen MR) is 59.5 cm³/mol. The third kappa shape index (κ3) is 3.00. The average molecular weight is 209 g/mol. The van der Waals surface area contributed by atoms with Gasteiger partial charge in [-0.25, -0.2) is 0 Å². The van der Waals surface area contributed by atoms with E-state index in [2.05, 4.69) is 0 Å². The largest absolute Gasteiger partial charge is 0.294 e. The fourth-order valence-corrected chi connectivity index (χ4v) is 1.35. The molecule has 0 fully saturated rings. The first-order valence-corrected chi connectivity index (χ1v) is 5.04. The van der Waals surface area contributed by atoms with E-state index in [0.29, 0.717) is 6.42 Å². The molecule has 1 unspecified atom stereocenters. The molecule has 0 N–H and O–H groups in total. The molecule has 0 aliphatic rings. The number of benzene rings is 1. The van der Waals surface area contributed by atoms with Crippen LogP contribution in [0.1, 0.15) is 23.7 Å². The van der Waals surface area contributed by atoms with Gasteiger partial charge >= 0.3 is 0 Å². The van der Waals surface area contributed by atoms with Crippen LogP contribution in [0.25, 0.3) is 0 Å². The highest BCUT2D eigenvalue weighted by molar-refractivity contribution is 6.25. The SMILES string of the molecule is CC(C/C=C/Cl)C(=O)c1ccccc1. The number of Topliss-reactive ketones (excluding diaryl/α,β-unsaturated/α-hetero) is 1. The van der Waals surface area contributed by atoms with E-state index < -0.39 is 0 Å². The number of hydrogen-bond donors (Lipinski definition) is 0. The highest BCUT2D eigenvalue weighted by Crippen LogP contribution is 2.12. The van der Waals surface area contributed by atoms with E-state index >= 15 is 0 Å². The van der Waals surface area contributed by atoms with Gasteiger partial charge in [-0.2, -0.15) is 0 Å². The number of hydrogen-bond acceptors (Lipinski definition) is 1. The molecule has 1 nitrogen and oxygen atoms in total. The lowest BCUT2D eigenvalue weighted by atomic mass is 9.97. The fourth-order valence-electron chi connectivity index (χ4n) is 1.25. The quantitative estimate of drug-likeness (QED) is 0.691. The van der Waals surface area contributed by atoms with Gasteiger partial charge in [-0.3, -0.25) is 4.79 Å². The predicted octanol–water partition coefficient (Wildman–Crippen LogP) is 3.65. The summed E-state index contributed by atoms with van der Waals surface area (Å²) in [6.45, 7) is 1.91. The van der Waals surface area contributed by atoms with Gasteiger partial charge in [0.15, 0.2) is 5.78 Å². The maximum atomic E-state index is 11.8. The van der Waals surface area contributed by atoms with Crippen molar-refractivity contribution in [3.63, 3.8) is 0 Å². The molecule has 1 aromatic rings. The molecule has 1 atom stereocenters. The Labute approximate surface area is 89.4 Å². The van der Waals surface area contributed by atoms with Crippen molar-refractivity contribution in [1.29, 1.82) is 0 Å². The average Bonchev–Trinajstić information content (AvgIpc) is 2.26. The Hall–Kier alpha value is -1.08. The number of allylic oxidation sites excluding steroid dienone is 1. The summed E-state index contributed by atoms with van der Waals surface area (Å²) in [5.74, 6) is 0.160. The molecule has 0 amide bonds. The van der Waals surface area contributed by atoms with Gasteiger partial charge in [-0.15, -0.1) is 0 Å². The zero-order valence-electron chi connectivity index (χ0n) is 8.11. The summed E-state index contributed by atoms with van der Waals surface area (Å²) < 4.78 is 0. The first-order chi connectivity index (χ1) is 6.75. The molecule has 0 heterocycles. The number of carbonyl (C=O) groups is 1. The van der Waals surface area contributed by atoms with Gasteiger partial charge in [-0.1, -0.05) is 54.9 Å². The lowest BCUT2D eigenvalue weighted by molar-refractivity contribution is 0.0931. The lowest BCUT2D eigenvalue weighted by Gasteiger charge is -2.06. The first kappa shape index (κ1) is 11.0. The van der Waals surface area contributed by atoms with E-state index in [4.69, 9.17) is 11.6 Å². The number of carbonyl (C=O) groups excluding carboxylic acids is 1. The molecule has 0 aromatic heterocycles. The Balaban J connectivity index is 2.66. The van der Waals surface area contributed by atoms with Crippen LogP contribution in [0.2, 0.25) is 0 Å². The molecule has 0 bridgehead atoms. The molecule has 14 heavy (non-hydrogen) atoms. The molecule has 2 heteroatoms. The van der Waals surface area contributed by atoms with E-state index in [1.165, 1.54) is 5.54 Å². The van der Waals surface area contributed by atoms with Crippen molar-refractivity contribution >= 4 is 17.4 Å². The van der Waals surface area contributed by atoms with E-state index in [1.807, 2.05) is 37.3 Å². The van der Waals surface area contributed by atoms with Crippen LogP contribution in [0.3, 0.4) is 0 Å². The third-order valence-electron chi connectivity index (χ3n) is 2.08. The summed E-state index contributed by atoms with van der Waals surface area (Å²) in [6, 6.07) is 9.32. The van der Waals surface area contributed by atoms with E-state index in [-0.39, 0.29) is 11.7 Å². The first-order valence-electron chi connectivity index (χ1n) is 4.60. The molecule has 0 aliphatic carbocycles. The second kappa shape index (κ2) is 5.61. The zero-order valence-corrected chi connectivity index (χ0v) is 8.87. The molecule has 0 radical (unpaired) electrons. The van der Waals surface area contributed by atoms with Crippen LogP contribution in [0.15, 0.2) is 41.9 Å². The Morgan fingerprint density at radius 2 is 2.07 bits per heavy atom. The van der Waals surface area contributed by atoms with E-state index in [1.54, 1.807) is 6.08 Å². The standard InChI is InChI=1S/C12H13ClO/c1-10(6-5-9-13)12(14)11-7-3-2-4-8-11/h2-5,7-10H,6H2,1H3/b9-5+. The summed E-state index contributed by atoms with van der Waals surface area (Å²) in [7, 11) is 0. The molecule has 0 saturated heterocycles. The van der Waals surface area contributed by atoms with Crippen molar-refractivity contribution < 1.29 is 4.79 Å². The summed E-state index contributed by atoms with van der Waals surface area (Å²) in [5, 5.41) is 0. The Morgan fingerprint density at radius 1 is 1.43 bits per heavy atom. The monoisotopic (exact) mass is 208 g/mol. The normalized spacial score (nSPS) is 13.0. The Kier molecular flexibility index (Phi) is 4.41. The maximum absolute atomic E-state index is 11.8. The van der Waals surface area contributed by atoms with Crippen molar-refractivity contribution in [3.05, 3.63) is 47.5 Å². The van der Waals surface area contributed by atoms with E-state index in [9.17, 15) is 4.79 Å². The van der Waals surface area contributed by atoms with Gasteiger partial charge in [0.2, 0.25) is 0 Å². The van der Waals surface area contributed by atoms with Crippen LogP contribution in [0.4, 0.5) is 0 Å². The molecule has 1 rings (SSSR count). The van der Waals surface area contributed by atoms with Gasteiger partial charge in [0.05, 0.1) is 0 Å². The van der Waals surface area contributed by atoms with Crippen LogP contribution in [-0.4, -0.2) is 5.78 Å². The highest BCUT2D eigenvalue weighted by atomic mass is 35.5. The van der Waals surface area contributed by atoms with Gasteiger partial charge in [0, 0.05) is 17.0 Å². The third-order valence-corrected chi connectivity index (χ3v) is 2.26. The van der Waals surface area contributed by atoms with Crippen LogP contribution >= 0.6 is 11.6 Å². The lowest BCUT2D eigenvalue weighted by Crippen LogP contribution is -2.10. The van der Waals surface area contributed by atoms with Gasteiger partial charge in [-0.05, 0) is 6.42 Å². The smallest absolute Gasteiger partial charge is 0.165 e. The number of rotatable bonds is 4. The summed E-state index contributed by atoms with van der Waals surface area (Å²) in [4.78, 5) is 11.8. The van der Waals surface area contributed by atoms with Crippen molar-refractivity contribution in [3.8, 4) is 0 Å². The van der Waals surface area contributed by atoms with Crippen LogP contribution < -0.4 is 0 Å². The fraction of sp³-hybridized carbons (Fsp3) is 0.250. The zero-order chi connectivity index (χ0) is 10.4. The minimum Gasteiger partial charge on any atom is -0.294 e. The van der Waals surface area contributed by atoms with Gasteiger partial charge < -0.3 is 0 Å².